The van der Waals surface area contributed by atoms with Gasteiger partial charge in [-0.15, -0.1) is 0 Å². The SMILES string of the molecule is CC(C)(CCC(C)(C)CC(=O)C(C)(C)C)CC(=O)SCCCCSC(C)(C)C. The van der Waals surface area contributed by atoms with E-state index in [1.54, 1.807) is 0 Å². The van der Waals surface area contributed by atoms with Gasteiger partial charge in [0.15, 0.2) is 5.12 Å². The van der Waals surface area contributed by atoms with E-state index in [2.05, 4.69) is 48.5 Å². The van der Waals surface area contributed by atoms with E-state index in [1.165, 1.54) is 23.9 Å². The highest BCUT2D eigenvalue weighted by Gasteiger charge is 2.31. The molecule has 0 saturated carbocycles. The van der Waals surface area contributed by atoms with Crippen LogP contribution in [-0.4, -0.2) is 27.2 Å². The van der Waals surface area contributed by atoms with Crippen molar-refractivity contribution in [2.24, 2.45) is 16.2 Å². The molecule has 0 aliphatic carbocycles. The monoisotopic (exact) mass is 430 g/mol. The molecule has 2 nitrogen and oxygen atoms in total. The van der Waals surface area contributed by atoms with Crippen molar-refractivity contribution in [2.45, 2.75) is 113 Å². The van der Waals surface area contributed by atoms with Gasteiger partial charge in [0.1, 0.15) is 5.78 Å². The van der Waals surface area contributed by atoms with Gasteiger partial charge in [0.2, 0.25) is 0 Å². The van der Waals surface area contributed by atoms with Crippen LogP contribution in [0.1, 0.15) is 108 Å². The molecule has 0 atom stereocenters. The first-order valence-electron chi connectivity index (χ1n) is 10.8. The standard InChI is InChI=1S/C24H46O2S2/c1-21(2,3)19(25)17-23(7,8)13-14-24(9,10)18-20(26)27-15-11-12-16-28-22(4,5)6/h11-18H2,1-10H3. The molecule has 0 saturated heterocycles. The van der Waals surface area contributed by atoms with Crippen LogP contribution in [0.25, 0.3) is 0 Å². The van der Waals surface area contributed by atoms with Crippen molar-refractivity contribution in [3.8, 4) is 0 Å². The molecule has 166 valence electrons. The summed E-state index contributed by atoms with van der Waals surface area (Å²) in [5, 5.41) is 0.317. The predicted octanol–water partition coefficient (Wildman–Crippen LogP) is 7.79. The first-order chi connectivity index (χ1) is 12.4. The maximum Gasteiger partial charge on any atom is 0.189 e. The topological polar surface area (TPSA) is 34.1 Å². The fourth-order valence-electron chi connectivity index (χ4n) is 2.76. The molecule has 0 aliphatic heterocycles. The Balaban J connectivity index is 4.20. The van der Waals surface area contributed by atoms with Gasteiger partial charge in [-0.05, 0) is 42.3 Å². The zero-order valence-corrected chi connectivity index (χ0v) is 21.9. The van der Waals surface area contributed by atoms with E-state index in [4.69, 9.17) is 0 Å². The molecule has 0 rings (SSSR count). The van der Waals surface area contributed by atoms with Gasteiger partial charge in [0.25, 0.3) is 0 Å². The molecule has 0 radical (unpaired) electrons. The van der Waals surface area contributed by atoms with E-state index in [-0.39, 0.29) is 16.2 Å². The molecule has 0 aromatic rings. The summed E-state index contributed by atoms with van der Waals surface area (Å²) in [7, 11) is 0. The third-order valence-corrected chi connectivity index (χ3v) is 7.23. The smallest absolute Gasteiger partial charge is 0.189 e. The number of Topliss-reactive ketones (excluding diaryl/α,β-unsaturated/α-hetero) is 1. The molecule has 0 N–H and O–H groups in total. The molecule has 0 aromatic heterocycles. The van der Waals surface area contributed by atoms with Gasteiger partial charge < -0.3 is 0 Å². The number of ketones is 1. The van der Waals surface area contributed by atoms with Crippen molar-refractivity contribution in [1.29, 1.82) is 0 Å². The molecular formula is C24H46O2S2. The third-order valence-electron chi connectivity index (χ3n) is 4.91. The fourth-order valence-corrected chi connectivity index (χ4v) is 4.79. The Morgan fingerprint density at radius 1 is 0.679 bits per heavy atom. The maximum absolute atomic E-state index is 12.4. The van der Waals surface area contributed by atoms with Gasteiger partial charge in [-0.1, -0.05) is 81.0 Å². The normalized spacial score (nSPS) is 13.6. The first kappa shape index (κ1) is 28.0. The zero-order chi connectivity index (χ0) is 22.2. The molecule has 0 amide bonds. The van der Waals surface area contributed by atoms with Crippen LogP contribution in [-0.2, 0) is 9.59 Å². The molecule has 0 fully saturated rings. The lowest BCUT2D eigenvalue weighted by atomic mass is 9.73. The molecule has 0 aromatic carbocycles. The lowest BCUT2D eigenvalue weighted by Crippen LogP contribution is -2.28. The summed E-state index contributed by atoms with van der Waals surface area (Å²) < 4.78 is 0.332. The Kier molecular flexibility index (Phi) is 11.5. The Labute approximate surface area is 184 Å². The van der Waals surface area contributed by atoms with Gasteiger partial charge in [-0.3, -0.25) is 9.59 Å². The van der Waals surface area contributed by atoms with Gasteiger partial charge in [0.05, 0.1) is 0 Å². The second kappa shape index (κ2) is 11.4. The number of hydrogen-bond donors (Lipinski definition) is 0. The average Bonchev–Trinajstić information content (AvgIpc) is 2.46. The average molecular weight is 431 g/mol. The van der Waals surface area contributed by atoms with E-state index in [1.807, 2.05) is 32.5 Å². The summed E-state index contributed by atoms with van der Waals surface area (Å²) in [6.45, 7) is 21.5. The van der Waals surface area contributed by atoms with E-state index < -0.39 is 0 Å². The third kappa shape index (κ3) is 15.0. The van der Waals surface area contributed by atoms with E-state index >= 15 is 0 Å². The number of hydrogen-bond acceptors (Lipinski definition) is 4. The van der Waals surface area contributed by atoms with Gasteiger partial charge in [-0.2, -0.15) is 11.8 Å². The summed E-state index contributed by atoms with van der Waals surface area (Å²) >= 11 is 3.50. The largest absolute Gasteiger partial charge is 0.299 e. The minimum atomic E-state index is -0.273. The Morgan fingerprint density at radius 3 is 1.61 bits per heavy atom. The van der Waals surface area contributed by atoms with Crippen molar-refractivity contribution >= 4 is 34.4 Å². The van der Waals surface area contributed by atoms with Crippen molar-refractivity contribution in [3.63, 3.8) is 0 Å². The summed E-state index contributed by atoms with van der Waals surface area (Å²) in [4.78, 5) is 24.8. The minimum Gasteiger partial charge on any atom is -0.299 e. The van der Waals surface area contributed by atoms with Crippen molar-refractivity contribution < 1.29 is 9.59 Å². The number of carbonyl (C=O) groups excluding carboxylic acids is 2. The summed E-state index contributed by atoms with van der Waals surface area (Å²) in [6.07, 6.45) is 5.48. The number of rotatable bonds is 12. The number of carbonyl (C=O) groups is 2. The van der Waals surface area contributed by atoms with Crippen molar-refractivity contribution in [2.75, 3.05) is 11.5 Å². The Bertz CT molecular complexity index is 494. The number of thioether (sulfide) groups is 2. The highest BCUT2D eigenvalue weighted by atomic mass is 32.2. The predicted molar refractivity (Wildman–Crippen MR) is 129 cm³/mol. The number of unbranched alkanes of at least 4 members (excludes halogenated alkanes) is 1. The minimum absolute atomic E-state index is 0.00573. The van der Waals surface area contributed by atoms with Crippen LogP contribution in [0.5, 0.6) is 0 Å². The molecule has 0 bridgehead atoms. The maximum atomic E-state index is 12.4. The second-order valence-electron chi connectivity index (χ2n) is 11.7. The fraction of sp³-hybridized carbons (Fsp3) is 0.917. The van der Waals surface area contributed by atoms with Crippen LogP contribution < -0.4 is 0 Å². The van der Waals surface area contributed by atoms with Gasteiger partial charge in [0, 0.05) is 28.8 Å². The molecular weight excluding hydrogens is 384 g/mol. The molecule has 0 heterocycles. The quantitative estimate of drug-likeness (QED) is 0.296. The molecule has 28 heavy (non-hydrogen) atoms. The lowest BCUT2D eigenvalue weighted by molar-refractivity contribution is -0.128. The summed E-state index contributed by atoms with van der Waals surface area (Å²) in [5.74, 6) is 2.43. The van der Waals surface area contributed by atoms with Crippen molar-refractivity contribution in [3.05, 3.63) is 0 Å². The van der Waals surface area contributed by atoms with Crippen molar-refractivity contribution in [1.82, 2.24) is 0 Å². The van der Waals surface area contributed by atoms with Crippen LogP contribution in [0.3, 0.4) is 0 Å². The Morgan fingerprint density at radius 2 is 1.14 bits per heavy atom. The second-order valence-corrected chi connectivity index (χ2v) is 14.8. The van der Waals surface area contributed by atoms with E-state index in [9.17, 15) is 9.59 Å². The van der Waals surface area contributed by atoms with Crippen LogP contribution in [0.15, 0.2) is 0 Å². The van der Waals surface area contributed by atoms with Crippen LogP contribution in [0.4, 0.5) is 0 Å². The molecule has 4 heteroatoms. The zero-order valence-electron chi connectivity index (χ0n) is 20.3. The van der Waals surface area contributed by atoms with Gasteiger partial charge >= 0.3 is 0 Å². The first-order valence-corrected chi connectivity index (χ1v) is 12.7. The van der Waals surface area contributed by atoms with Gasteiger partial charge in [-0.25, -0.2) is 0 Å². The Hall–Kier alpha value is 0.0400. The summed E-state index contributed by atoms with van der Waals surface area (Å²) in [6, 6.07) is 0. The van der Waals surface area contributed by atoms with Crippen LogP contribution >= 0.6 is 23.5 Å². The van der Waals surface area contributed by atoms with Crippen LogP contribution in [0, 0.1) is 16.2 Å². The highest BCUT2D eigenvalue weighted by Crippen LogP contribution is 2.38. The van der Waals surface area contributed by atoms with E-state index in [0.717, 1.165) is 25.0 Å². The van der Waals surface area contributed by atoms with Crippen LogP contribution in [0.2, 0.25) is 0 Å². The highest BCUT2D eigenvalue weighted by molar-refractivity contribution is 8.13. The molecule has 0 aliphatic rings. The molecule has 0 spiro atoms. The molecule has 0 unspecified atom stereocenters. The lowest BCUT2D eigenvalue weighted by Gasteiger charge is -2.32. The summed E-state index contributed by atoms with van der Waals surface area (Å²) in [5.41, 5.74) is -0.290. The van der Waals surface area contributed by atoms with E-state index in [0.29, 0.717) is 28.5 Å².